The highest BCUT2D eigenvalue weighted by atomic mass is 32.2. The van der Waals surface area contributed by atoms with Gasteiger partial charge in [-0.15, -0.1) is 0 Å². The van der Waals surface area contributed by atoms with Crippen molar-refractivity contribution in [2.45, 2.75) is 163 Å². The first-order chi connectivity index (χ1) is 40.4. The fourth-order valence-electron chi connectivity index (χ4n) is 9.75. The number of nitrogens with zero attached hydrogens (tertiary/aromatic N) is 3. The van der Waals surface area contributed by atoms with Gasteiger partial charge in [0.25, 0.3) is 5.91 Å². The number of oxime groups is 1. The standard InChI is InChI=1S/C53H78N12O17S3/c1-29-52(78)64-15-8-11-40(64)50(76)63-44(30(2)66)51(77)61-37(45(55)71)27-83-25-31-20-32-22-33(21-31)81-17-6-4-5-7-18-82-56-24-42(68)58-34(12-13-41(54)67)46(72)62-38(28-84-26-32)53(79)65-16-9-10-39(65)49(75)59-35(14-19-85(3)80)47(73)60-36(23-43(69)70)48(74)57-29/h20-22,24,29-30,34-40,44,66H,4-19,23,25-28H2,1-3H3,(H2,54,67)(H2,55,71)(H,57,74)(H,58,68)(H,59,75)(H,60,73)(H,61,77)(H,62,72)(H,63,76)(H,69,70)/b56-24+/t29-,30+,34-,35+,36-,37-,38-,39-,40-,44-,85?/m0/s1. The molecule has 4 heterocycles. The maximum Gasteiger partial charge on any atom is 0.305 e. The van der Waals surface area contributed by atoms with Crippen LogP contribution in [0.1, 0.15) is 102 Å². The molecule has 85 heavy (non-hydrogen) atoms. The van der Waals surface area contributed by atoms with E-state index in [9.17, 15) is 72.0 Å². The molecule has 1 aromatic carbocycles. The van der Waals surface area contributed by atoms with E-state index < -0.39 is 149 Å². The quantitative estimate of drug-likeness (QED) is 0.110. The third-order valence-corrected chi connectivity index (χ3v) is 17.2. The van der Waals surface area contributed by atoms with Crippen LogP contribution < -0.4 is 53.4 Å². The molecule has 1 unspecified atom stereocenters. The van der Waals surface area contributed by atoms with Gasteiger partial charge in [-0.05, 0) is 101 Å². The zero-order chi connectivity index (χ0) is 62.3. The van der Waals surface area contributed by atoms with Gasteiger partial charge in [-0.3, -0.25) is 61.7 Å². The first kappa shape index (κ1) is 68.7. The van der Waals surface area contributed by atoms with Crippen LogP contribution in [-0.2, 0) is 84.7 Å². The molecule has 11 amide bonds. The number of carbonyl (C=O) groups excluding carboxylic acids is 11. The van der Waals surface area contributed by atoms with E-state index in [0.717, 1.165) is 24.0 Å². The number of hydrogen-bond donors (Lipinski definition) is 11. The monoisotopic (exact) mass is 1250 g/mol. The lowest BCUT2D eigenvalue weighted by Crippen LogP contribution is -2.61. The Labute approximate surface area is 502 Å². The van der Waals surface area contributed by atoms with E-state index in [0.29, 0.717) is 42.7 Å². The van der Waals surface area contributed by atoms with E-state index in [1.807, 2.05) is 6.07 Å². The van der Waals surface area contributed by atoms with Gasteiger partial charge in [-0.2, -0.15) is 23.5 Å². The van der Waals surface area contributed by atoms with E-state index in [2.05, 4.69) is 42.4 Å². The SMILES string of the molecule is C[C@@H]1NC(=O)[C@H](CC(=O)O)NC(=O)[C@@H](CCS(C)=O)NC(=O)[C@@H]2CCCN2C(=O)[C@@H]2CSCc3cc(cc(c3)OCCCCCCO/N=C/C(=O)N[C@@H](CCC(N)=O)C(=O)N2)CSC[C@@H](C(N)=O)NC(=O)[C@H]([C@@H](C)O)NC(=O)[C@@H]2CCCN2C1=O. The fraction of sp³-hybridized carbons (Fsp3) is 0.642. The second-order valence-corrected chi connectivity index (χ2v) is 24.7. The predicted octanol–water partition coefficient (Wildman–Crippen LogP) is -3.11. The van der Waals surface area contributed by atoms with Crippen molar-refractivity contribution in [1.29, 1.82) is 0 Å². The predicted molar refractivity (Wildman–Crippen MR) is 311 cm³/mol. The van der Waals surface area contributed by atoms with Gasteiger partial charge < -0.3 is 78.3 Å². The Hall–Kier alpha value is -7.06. The number of fused-ring (bicyclic) bond motifs is 7. The Bertz CT molecular complexity index is 2670. The Morgan fingerprint density at radius 2 is 1.28 bits per heavy atom. The molecule has 2 fully saturated rings. The Morgan fingerprint density at radius 3 is 1.89 bits per heavy atom. The molecule has 4 bridgehead atoms. The summed E-state index contributed by atoms with van der Waals surface area (Å²) in [5.41, 5.74) is 12.6. The minimum atomic E-state index is -1.87. The molecule has 470 valence electrons. The molecule has 11 atom stereocenters. The molecule has 13 N–H and O–H groups in total. The van der Waals surface area contributed by atoms with Crippen LogP contribution in [0.4, 0.5) is 0 Å². The second-order valence-electron chi connectivity index (χ2n) is 21.1. The van der Waals surface area contributed by atoms with Gasteiger partial charge in [0.1, 0.15) is 72.9 Å². The molecule has 2 saturated heterocycles. The number of amides is 11. The van der Waals surface area contributed by atoms with Crippen molar-refractivity contribution in [1.82, 2.24) is 47.0 Å². The van der Waals surface area contributed by atoms with Gasteiger partial charge in [0, 0.05) is 65.3 Å². The zero-order valence-corrected chi connectivity index (χ0v) is 50.1. The first-order valence-electron chi connectivity index (χ1n) is 28.0. The molecule has 4 aliphatic rings. The van der Waals surface area contributed by atoms with Gasteiger partial charge in [0.05, 0.1) is 19.1 Å². The molecule has 4 aliphatic heterocycles. The number of carbonyl (C=O) groups is 12. The summed E-state index contributed by atoms with van der Waals surface area (Å²) in [4.78, 5) is 171. The molecule has 29 nitrogen and oxygen atoms in total. The van der Waals surface area contributed by atoms with Crippen LogP contribution in [0, 0.1) is 0 Å². The lowest BCUT2D eigenvalue weighted by atomic mass is 10.1. The number of rotatable bonds is 10. The number of primary amides is 2. The fourth-order valence-corrected chi connectivity index (χ4v) is 12.3. The number of hydrogen-bond acceptors (Lipinski definition) is 19. The summed E-state index contributed by atoms with van der Waals surface area (Å²) in [6, 6.07) is -7.72. The van der Waals surface area contributed by atoms with Crippen molar-refractivity contribution in [2.24, 2.45) is 16.6 Å². The number of aliphatic carboxylic acids is 1. The summed E-state index contributed by atoms with van der Waals surface area (Å²) < 4.78 is 18.6. The Morgan fingerprint density at radius 1 is 0.706 bits per heavy atom. The van der Waals surface area contributed by atoms with Crippen molar-refractivity contribution in [3.8, 4) is 5.75 Å². The van der Waals surface area contributed by atoms with Crippen LogP contribution in [0.5, 0.6) is 5.75 Å². The van der Waals surface area contributed by atoms with Gasteiger partial charge in [-0.25, -0.2) is 0 Å². The maximum atomic E-state index is 14.9. The number of carboxylic acids is 1. The van der Waals surface area contributed by atoms with E-state index in [1.54, 1.807) is 12.1 Å². The number of nitrogens with one attached hydrogen (secondary N) is 7. The first-order valence-corrected chi connectivity index (χ1v) is 32.0. The minimum absolute atomic E-state index is 0.00937. The van der Waals surface area contributed by atoms with Crippen LogP contribution in [0.25, 0.3) is 0 Å². The molecular weight excluding hydrogens is 1170 g/mol. The number of thioether (sulfide) groups is 2. The number of carboxylic acid groups (broad SMARTS) is 1. The second kappa shape index (κ2) is 34.2. The average molecular weight is 1250 g/mol. The van der Waals surface area contributed by atoms with E-state index >= 15 is 0 Å². The molecule has 5 rings (SSSR count). The number of aliphatic hydroxyl groups excluding tert-OH is 1. The molecule has 0 saturated carbocycles. The lowest BCUT2D eigenvalue weighted by Gasteiger charge is -2.31. The van der Waals surface area contributed by atoms with Gasteiger partial charge in [-0.1, -0.05) is 11.2 Å². The molecule has 0 spiro atoms. The number of ether oxygens (including phenoxy) is 1. The van der Waals surface area contributed by atoms with Crippen molar-refractivity contribution in [2.75, 3.05) is 49.8 Å². The summed E-state index contributed by atoms with van der Waals surface area (Å²) in [5, 5.41) is 41.8. The van der Waals surface area contributed by atoms with Crippen LogP contribution in [0.3, 0.4) is 0 Å². The van der Waals surface area contributed by atoms with Crippen molar-refractivity contribution in [3.63, 3.8) is 0 Å². The third kappa shape index (κ3) is 22.1. The number of nitrogens with two attached hydrogens (primary N) is 2. The summed E-state index contributed by atoms with van der Waals surface area (Å²) in [6.07, 6.45) is 2.15. The van der Waals surface area contributed by atoms with Gasteiger partial charge in [0.15, 0.2) is 0 Å². The largest absolute Gasteiger partial charge is 0.494 e. The number of aliphatic hydroxyl groups is 1. The smallest absolute Gasteiger partial charge is 0.305 e. The topological polar surface area (TPSA) is 436 Å². The normalized spacial score (nSPS) is 27.7. The number of benzene rings is 1. The van der Waals surface area contributed by atoms with Gasteiger partial charge in [0.2, 0.25) is 59.1 Å². The zero-order valence-electron chi connectivity index (χ0n) is 47.7. The van der Waals surface area contributed by atoms with Crippen LogP contribution in [-0.4, -0.2) is 212 Å². The minimum Gasteiger partial charge on any atom is -0.494 e. The summed E-state index contributed by atoms with van der Waals surface area (Å²) in [6.45, 7) is 2.98. The van der Waals surface area contributed by atoms with E-state index in [1.165, 1.54) is 48.5 Å². The van der Waals surface area contributed by atoms with E-state index in [4.69, 9.17) is 21.0 Å². The van der Waals surface area contributed by atoms with Crippen LogP contribution in [0.15, 0.2) is 23.4 Å². The molecule has 0 aliphatic carbocycles. The molecule has 0 aromatic heterocycles. The Balaban J connectivity index is 1.56. The van der Waals surface area contributed by atoms with Crippen LogP contribution >= 0.6 is 23.5 Å². The van der Waals surface area contributed by atoms with E-state index in [-0.39, 0.29) is 87.0 Å². The lowest BCUT2D eigenvalue weighted by molar-refractivity contribution is -0.144. The average Bonchev–Trinajstić information content (AvgIpc) is 4.39. The molecule has 32 heteroatoms. The highest BCUT2D eigenvalue weighted by Gasteiger charge is 2.42. The summed E-state index contributed by atoms with van der Waals surface area (Å²) >= 11 is 2.42. The maximum absolute atomic E-state index is 14.9. The van der Waals surface area contributed by atoms with Gasteiger partial charge >= 0.3 is 5.97 Å². The van der Waals surface area contributed by atoms with Crippen molar-refractivity contribution in [3.05, 3.63) is 29.3 Å². The molecule has 0 radical (unpaired) electrons. The summed E-state index contributed by atoms with van der Waals surface area (Å²) in [7, 11) is -1.55. The van der Waals surface area contributed by atoms with Crippen LogP contribution in [0.2, 0.25) is 0 Å². The van der Waals surface area contributed by atoms with Crippen molar-refractivity contribution < 1.29 is 81.5 Å². The highest BCUT2D eigenvalue weighted by molar-refractivity contribution is 7.98. The highest BCUT2D eigenvalue weighted by Crippen LogP contribution is 2.27. The Kier molecular flexibility index (Phi) is 27.6. The summed E-state index contributed by atoms with van der Waals surface area (Å²) in [5.74, 6) is -10.9. The third-order valence-electron chi connectivity index (χ3n) is 14.2. The van der Waals surface area contributed by atoms with Crippen molar-refractivity contribution >= 4 is 111 Å². The molecule has 1 aromatic rings. The molecular formula is C53H78N12O17S3.